The molecule has 1 saturated heterocycles. The van der Waals surface area contributed by atoms with Crippen molar-refractivity contribution in [1.82, 2.24) is 0 Å². The SMILES string of the molecule is CCOC(=O)C1(C(=O)OCC)C(c2cccs2)CS(=O)(=O)N1c1ccccc1. The van der Waals surface area contributed by atoms with Crippen molar-refractivity contribution in [3.63, 3.8) is 0 Å². The standard InChI is InChI=1S/C19H21NO6S2/c1-3-25-17(21)19(18(22)26-4-2)15(16-11-8-12-27-16)13-28(23,24)20(19)14-9-6-5-7-10-14/h5-12,15H,3-4,13H2,1-2H3. The zero-order valence-corrected chi connectivity index (χ0v) is 17.2. The van der Waals surface area contributed by atoms with Crippen molar-refractivity contribution in [1.29, 1.82) is 0 Å². The number of carbonyl (C=O) groups is 2. The van der Waals surface area contributed by atoms with Crippen molar-refractivity contribution in [2.75, 3.05) is 23.3 Å². The maximum Gasteiger partial charge on any atom is 0.345 e. The third-order valence-corrected chi connectivity index (χ3v) is 7.33. The van der Waals surface area contributed by atoms with Crippen LogP contribution in [0.1, 0.15) is 24.6 Å². The highest BCUT2D eigenvalue weighted by Gasteiger charge is 2.69. The van der Waals surface area contributed by atoms with E-state index in [-0.39, 0.29) is 18.9 Å². The molecule has 2 heterocycles. The van der Waals surface area contributed by atoms with Gasteiger partial charge in [0, 0.05) is 4.88 Å². The molecule has 2 aromatic rings. The van der Waals surface area contributed by atoms with Crippen LogP contribution in [0.2, 0.25) is 0 Å². The number of hydrogen-bond donors (Lipinski definition) is 0. The molecule has 0 aliphatic carbocycles. The van der Waals surface area contributed by atoms with Crippen LogP contribution >= 0.6 is 11.3 Å². The highest BCUT2D eigenvalue weighted by molar-refractivity contribution is 7.93. The lowest BCUT2D eigenvalue weighted by molar-refractivity contribution is -0.164. The third kappa shape index (κ3) is 3.18. The van der Waals surface area contributed by atoms with E-state index >= 15 is 0 Å². The van der Waals surface area contributed by atoms with Crippen LogP contribution in [0.25, 0.3) is 0 Å². The summed E-state index contributed by atoms with van der Waals surface area (Å²) < 4.78 is 37.8. The smallest absolute Gasteiger partial charge is 0.345 e. The summed E-state index contributed by atoms with van der Waals surface area (Å²) in [5.74, 6) is -3.22. The molecule has 1 unspecified atom stereocenters. The van der Waals surface area contributed by atoms with Crippen LogP contribution in [0.3, 0.4) is 0 Å². The van der Waals surface area contributed by atoms with Gasteiger partial charge in [-0.3, -0.25) is 0 Å². The van der Waals surface area contributed by atoms with E-state index in [1.54, 1.807) is 61.7 Å². The summed E-state index contributed by atoms with van der Waals surface area (Å²) in [4.78, 5) is 27.1. The Kier molecular flexibility index (Phi) is 5.76. The number of nitrogens with zero attached hydrogens (tertiary/aromatic N) is 1. The van der Waals surface area contributed by atoms with Crippen LogP contribution in [0.5, 0.6) is 0 Å². The van der Waals surface area contributed by atoms with Gasteiger partial charge >= 0.3 is 11.9 Å². The summed E-state index contributed by atoms with van der Waals surface area (Å²) in [5, 5.41) is 1.77. The number of thiophene rings is 1. The van der Waals surface area contributed by atoms with Gasteiger partial charge in [-0.25, -0.2) is 22.3 Å². The minimum absolute atomic E-state index is 0.000173. The fraction of sp³-hybridized carbons (Fsp3) is 0.368. The molecule has 0 amide bonds. The van der Waals surface area contributed by atoms with E-state index in [0.717, 1.165) is 4.31 Å². The summed E-state index contributed by atoms with van der Waals surface area (Å²) in [5.41, 5.74) is -1.94. The largest absolute Gasteiger partial charge is 0.464 e. The van der Waals surface area contributed by atoms with Gasteiger partial charge in [0.1, 0.15) is 0 Å². The van der Waals surface area contributed by atoms with Gasteiger partial charge < -0.3 is 9.47 Å². The second-order valence-corrected chi connectivity index (χ2v) is 9.00. The number of benzene rings is 1. The highest BCUT2D eigenvalue weighted by Crippen LogP contribution is 2.48. The van der Waals surface area contributed by atoms with Gasteiger partial charge in [-0.05, 0) is 37.4 Å². The fourth-order valence-electron chi connectivity index (χ4n) is 3.49. The van der Waals surface area contributed by atoms with E-state index in [2.05, 4.69) is 0 Å². The lowest BCUT2D eigenvalue weighted by Gasteiger charge is -2.36. The molecular formula is C19H21NO6S2. The molecule has 0 bridgehead atoms. The van der Waals surface area contributed by atoms with Crippen LogP contribution < -0.4 is 4.31 Å². The first-order valence-corrected chi connectivity index (χ1v) is 11.3. The van der Waals surface area contributed by atoms with Crippen LogP contribution in [-0.4, -0.2) is 44.9 Å². The maximum absolute atomic E-state index is 13.2. The number of anilines is 1. The number of sulfonamides is 1. The number of rotatable bonds is 6. The number of para-hydroxylation sites is 1. The normalized spacial score (nSPS) is 19.9. The zero-order chi connectivity index (χ0) is 20.4. The van der Waals surface area contributed by atoms with E-state index in [0.29, 0.717) is 4.88 Å². The van der Waals surface area contributed by atoms with Gasteiger partial charge in [0.2, 0.25) is 10.0 Å². The Bertz CT molecular complexity index is 922. The predicted octanol–water partition coefficient (Wildman–Crippen LogP) is 2.55. The molecule has 3 rings (SSSR count). The molecule has 0 radical (unpaired) electrons. The minimum atomic E-state index is -4.01. The second kappa shape index (κ2) is 7.92. The lowest BCUT2D eigenvalue weighted by Crippen LogP contribution is -2.62. The zero-order valence-electron chi connectivity index (χ0n) is 15.5. The highest BCUT2D eigenvalue weighted by atomic mass is 32.2. The molecule has 0 spiro atoms. The minimum Gasteiger partial charge on any atom is -0.464 e. The molecule has 7 nitrogen and oxygen atoms in total. The lowest BCUT2D eigenvalue weighted by atomic mass is 9.83. The molecule has 0 saturated carbocycles. The molecule has 1 aliphatic heterocycles. The van der Waals surface area contributed by atoms with Gasteiger partial charge in [-0.2, -0.15) is 0 Å². The van der Waals surface area contributed by atoms with E-state index in [4.69, 9.17) is 9.47 Å². The van der Waals surface area contributed by atoms with Gasteiger partial charge in [0.15, 0.2) is 0 Å². The summed E-state index contributed by atoms with van der Waals surface area (Å²) in [7, 11) is -4.01. The van der Waals surface area contributed by atoms with Crippen molar-refractivity contribution >= 4 is 39.0 Å². The van der Waals surface area contributed by atoms with E-state index in [1.165, 1.54) is 11.3 Å². The molecular weight excluding hydrogens is 402 g/mol. The van der Waals surface area contributed by atoms with Crippen molar-refractivity contribution in [3.8, 4) is 0 Å². The number of esters is 2. The Morgan fingerprint density at radius 3 is 2.18 bits per heavy atom. The first-order chi connectivity index (χ1) is 13.4. The Hall–Kier alpha value is -2.39. The molecule has 28 heavy (non-hydrogen) atoms. The van der Waals surface area contributed by atoms with E-state index < -0.39 is 39.2 Å². The first kappa shape index (κ1) is 20.3. The van der Waals surface area contributed by atoms with Gasteiger partial charge in [-0.1, -0.05) is 24.3 Å². The molecule has 1 fully saturated rings. The number of ether oxygens (including phenoxy) is 2. The quantitative estimate of drug-likeness (QED) is 0.524. The molecule has 9 heteroatoms. The van der Waals surface area contributed by atoms with E-state index in [9.17, 15) is 18.0 Å². The van der Waals surface area contributed by atoms with Crippen LogP contribution in [0, 0.1) is 0 Å². The molecule has 1 atom stereocenters. The Morgan fingerprint density at radius 1 is 1.07 bits per heavy atom. The average molecular weight is 424 g/mol. The summed E-state index contributed by atoms with van der Waals surface area (Å²) in [6.45, 7) is 3.21. The molecule has 1 aromatic carbocycles. The van der Waals surface area contributed by atoms with Crippen molar-refractivity contribution in [2.45, 2.75) is 25.3 Å². The summed E-state index contributed by atoms with van der Waals surface area (Å²) in [6.07, 6.45) is 0. The van der Waals surface area contributed by atoms with Gasteiger partial charge in [-0.15, -0.1) is 11.3 Å². The van der Waals surface area contributed by atoms with Crippen molar-refractivity contribution < 1.29 is 27.5 Å². The fourth-order valence-corrected chi connectivity index (χ4v) is 6.63. The van der Waals surface area contributed by atoms with Crippen LogP contribution in [0.4, 0.5) is 5.69 Å². The first-order valence-electron chi connectivity index (χ1n) is 8.85. The summed E-state index contributed by atoms with van der Waals surface area (Å²) in [6, 6.07) is 11.6. The molecule has 150 valence electrons. The second-order valence-electron chi connectivity index (χ2n) is 6.15. The Balaban J connectivity index is 2.33. The van der Waals surface area contributed by atoms with Crippen LogP contribution in [0.15, 0.2) is 47.8 Å². The third-order valence-electron chi connectivity index (χ3n) is 4.53. The van der Waals surface area contributed by atoms with Gasteiger partial charge in [0.25, 0.3) is 5.54 Å². The Labute approximate surface area is 167 Å². The number of carbonyl (C=O) groups excluding carboxylic acids is 2. The van der Waals surface area contributed by atoms with Crippen molar-refractivity contribution in [2.24, 2.45) is 0 Å². The number of hydrogen-bond acceptors (Lipinski definition) is 7. The van der Waals surface area contributed by atoms with Gasteiger partial charge in [0.05, 0.1) is 30.6 Å². The molecule has 1 aromatic heterocycles. The average Bonchev–Trinajstić information content (AvgIpc) is 3.27. The van der Waals surface area contributed by atoms with Crippen molar-refractivity contribution in [3.05, 3.63) is 52.7 Å². The van der Waals surface area contributed by atoms with Crippen LogP contribution in [-0.2, 0) is 29.1 Å². The predicted molar refractivity (Wildman–Crippen MR) is 106 cm³/mol. The monoisotopic (exact) mass is 423 g/mol. The summed E-state index contributed by atoms with van der Waals surface area (Å²) >= 11 is 1.28. The topological polar surface area (TPSA) is 90.0 Å². The van der Waals surface area contributed by atoms with E-state index in [1.807, 2.05) is 0 Å². The molecule has 0 N–H and O–H groups in total. The Morgan fingerprint density at radius 2 is 1.68 bits per heavy atom. The molecule has 1 aliphatic rings. The maximum atomic E-state index is 13.2.